The molecular weight excluding hydrogens is 511 g/mol. The Morgan fingerprint density at radius 1 is 1.06 bits per heavy atom. The van der Waals surface area contributed by atoms with Gasteiger partial charge in [0.25, 0.3) is 10.0 Å². The summed E-state index contributed by atoms with van der Waals surface area (Å²) >= 11 is 7.84. The summed E-state index contributed by atoms with van der Waals surface area (Å²) in [5, 5.41) is 3.45. The van der Waals surface area contributed by atoms with Crippen LogP contribution in [0.5, 0.6) is 5.75 Å². The standard InChI is InChI=1S/C25H26ClFN2O4S2/c1-33-20-11-13-21(14-12-20)35(31,32)29(24-10-5-4-9-23(24)27)17-25(30)28-15-6-16-34-18-19-7-2-3-8-22(19)26/h2-5,7-14H,6,15-18H2,1H3,(H,28,30). The lowest BCUT2D eigenvalue weighted by Crippen LogP contribution is -2.41. The van der Waals surface area contributed by atoms with Gasteiger partial charge in [-0.2, -0.15) is 11.8 Å². The topological polar surface area (TPSA) is 75.7 Å². The molecule has 0 aliphatic heterocycles. The molecule has 0 unspecified atom stereocenters. The molecule has 0 bridgehead atoms. The van der Waals surface area contributed by atoms with Crippen LogP contribution in [-0.4, -0.2) is 40.3 Å². The van der Waals surface area contributed by atoms with Gasteiger partial charge in [0, 0.05) is 17.3 Å². The van der Waals surface area contributed by atoms with E-state index in [1.165, 1.54) is 49.6 Å². The number of sulfonamides is 1. The smallest absolute Gasteiger partial charge is 0.264 e. The molecule has 3 aromatic carbocycles. The van der Waals surface area contributed by atoms with Gasteiger partial charge in [-0.25, -0.2) is 12.8 Å². The number of carbonyl (C=O) groups excluding carboxylic acids is 1. The Labute approximate surface area is 214 Å². The molecule has 0 radical (unpaired) electrons. The van der Waals surface area contributed by atoms with Crippen molar-refractivity contribution in [3.63, 3.8) is 0 Å². The number of methoxy groups -OCH3 is 1. The van der Waals surface area contributed by atoms with Crippen molar-refractivity contribution in [1.82, 2.24) is 5.32 Å². The summed E-state index contributed by atoms with van der Waals surface area (Å²) in [6.45, 7) is -0.190. The minimum atomic E-state index is -4.21. The van der Waals surface area contributed by atoms with Crippen molar-refractivity contribution in [3.05, 3.63) is 89.2 Å². The lowest BCUT2D eigenvalue weighted by Gasteiger charge is -2.24. The second-order valence-corrected chi connectivity index (χ2v) is 10.9. The molecule has 0 aliphatic carbocycles. The number of nitrogens with zero attached hydrogens (tertiary/aromatic N) is 1. The maximum absolute atomic E-state index is 14.5. The fourth-order valence-corrected chi connectivity index (χ4v) is 5.89. The predicted molar refractivity (Wildman–Crippen MR) is 139 cm³/mol. The van der Waals surface area contributed by atoms with Gasteiger partial charge in [0.2, 0.25) is 5.91 Å². The third-order valence-electron chi connectivity index (χ3n) is 5.06. The van der Waals surface area contributed by atoms with Crippen molar-refractivity contribution in [3.8, 4) is 5.75 Å². The first-order chi connectivity index (χ1) is 16.8. The zero-order chi connectivity index (χ0) is 25.3. The number of rotatable bonds is 12. The molecule has 3 rings (SSSR count). The Hall–Kier alpha value is -2.75. The number of amides is 1. The largest absolute Gasteiger partial charge is 0.497 e. The summed E-state index contributed by atoms with van der Waals surface area (Å²) in [4.78, 5) is 12.6. The van der Waals surface area contributed by atoms with E-state index in [1.807, 2.05) is 24.3 Å². The molecule has 3 aromatic rings. The van der Waals surface area contributed by atoms with Crippen molar-refractivity contribution in [2.45, 2.75) is 17.1 Å². The molecule has 0 atom stereocenters. The van der Waals surface area contributed by atoms with Gasteiger partial charge in [-0.1, -0.05) is 41.9 Å². The van der Waals surface area contributed by atoms with Gasteiger partial charge >= 0.3 is 0 Å². The van der Waals surface area contributed by atoms with E-state index in [0.29, 0.717) is 18.7 Å². The number of ether oxygens (including phenoxy) is 1. The van der Waals surface area contributed by atoms with Gasteiger partial charge < -0.3 is 10.1 Å². The maximum Gasteiger partial charge on any atom is 0.264 e. The quantitative estimate of drug-likeness (QED) is 0.325. The first kappa shape index (κ1) is 26.8. The minimum absolute atomic E-state index is 0.0784. The lowest BCUT2D eigenvalue weighted by atomic mass is 10.2. The molecule has 6 nitrogen and oxygen atoms in total. The Balaban J connectivity index is 1.61. The molecule has 186 valence electrons. The van der Waals surface area contributed by atoms with Crippen LogP contribution in [0.3, 0.4) is 0 Å². The van der Waals surface area contributed by atoms with Gasteiger partial charge in [0.15, 0.2) is 0 Å². The summed E-state index contributed by atoms with van der Waals surface area (Å²) in [5.41, 5.74) is 0.848. The number of hydrogen-bond donors (Lipinski definition) is 1. The van der Waals surface area contributed by atoms with E-state index >= 15 is 0 Å². The van der Waals surface area contributed by atoms with Gasteiger partial charge in [-0.15, -0.1) is 0 Å². The van der Waals surface area contributed by atoms with Crippen LogP contribution in [0, 0.1) is 5.82 Å². The van der Waals surface area contributed by atoms with Gasteiger partial charge in [-0.3, -0.25) is 9.10 Å². The van der Waals surface area contributed by atoms with Crippen molar-refractivity contribution >= 4 is 45.0 Å². The number of benzene rings is 3. The molecule has 0 fully saturated rings. The fraction of sp³-hybridized carbons (Fsp3) is 0.240. The van der Waals surface area contributed by atoms with Gasteiger partial charge in [-0.05, 0) is 60.2 Å². The summed E-state index contributed by atoms with van der Waals surface area (Å²) in [6.07, 6.45) is 0.686. The van der Waals surface area contributed by atoms with Gasteiger partial charge in [0.05, 0.1) is 17.7 Å². The van der Waals surface area contributed by atoms with Crippen molar-refractivity contribution in [2.24, 2.45) is 0 Å². The fourth-order valence-electron chi connectivity index (χ4n) is 3.21. The molecule has 1 N–H and O–H groups in total. The number of halogens is 2. The number of para-hydroxylation sites is 1. The average molecular weight is 537 g/mol. The van der Waals surface area contributed by atoms with Crippen LogP contribution in [0.4, 0.5) is 10.1 Å². The molecule has 0 saturated heterocycles. The average Bonchev–Trinajstić information content (AvgIpc) is 2.86. The number of hydrogen-bond acceptors (Lipinski definition) is 5. The van der Waals surface area contributed by atoms with Gasteiger partial charge in [0.1, 0.15) is 18.1 Å². The number of anilines is 1. The SMILES string of the molecule is COc1ccc(S(=O)(=O)N(CC(=O)NCCCSCc2ccccc2Cl)c2ccccc2F)cc1. The zero-order valence-corrected chi connectivity index (χ0v) is 21.5. The van der Waals surface area contributed by atoms with E-state index in [-0.39, 0.29) is 10.6 Å². The zero-order valence-electron chi connectivity index (χ0n) is 19.1. The van der Waals surface area contributed by atoms with Crippen LogP contribution in [-0.2, 0) is 20.6 Å². The van der Waals surface area contributed by atoms with Crippen molar-refractivity contribution in [1.29, 1.82) is 0 Å². The molecule has 35 heavy (non-hydrogen) atoms. The molecule has 0 spiro atoms. The van der Waals surface area contributed by atoms with Crippen LogP contribution >= 0.6 is 23.4 Å². The van der Waals surface area contributed by atoms with Crippen LogP contribution in [0.2, 0.25) is 5.02 Å². The normalized spacial score (nSPS) is 11.2. The highest BCUT2D eigenvalue weighted by atomic mass is 35.5. The Morgan fingerprint density at radius 2 is 1.74 bits per heavy atom. The van der Waals surface area contributed by atoms with E-state index in [9.17, 15) is 17.6 Å². The predicted octanol–water partition coefficient (Wildman–Crippen LogP) is 5.12. The van der Waals surface area contributed by atoms with E-state index in [0.717, 1.165) is 32.5 Å². The number of nitrogens with one attached hydrogen (secondary N) is 1. The number of thioether (sulfide) groups is 1. The highest BCUT2D eigenvalue weighted by Crippen LogP contribution is 2.27. The number of carbonyl (C=O) groups is 1. The highest BCUT2D eigenvalue weighted by Gasteiger charge is 2.29. The lowest BCUT2D eigenvalue weighted by molar-refractivity contribution is -0.119. The van der Waals surface area contributed by atoms with Crippen molar-refractivity contribution in [2.75, 3.05) is 30.3 Å². The monoisotopic (exact) mass is 536 g/mol. The summed E-state index contributed by atoms with van der Waals surface area (Å²) in [5.74, 6) is 0.753. The molecule has 0 heterocycles. The first-order valence-corrected chi connectivity index (χ1v) is 13.8. The van der Waals surface area contributed by atoms with Crippen LogP contribution in [0.25, 0.3) is 0 Å². The second-order valence-electron chi connectivity index (χ2n) is 7.49. The molecule has 0 saturated carbocycles. The third kappa shape index (κ3) is 7.37. The van der Waals surface area contributed by atoms with Crippen LogP contribution in [0.15, 0.2) is 77.7 Å². The third-order valence-corrected chi connectivity index (χ3v) is 8.29. The van der Waals surface area contributed by atoms with Crippen LogP contribution < -0.4 is 14.4 Å². The molecule has 0 aliphatic rings. The molecule has 10 heteroatoms. The Kier molecular flexibility index (Phi) is 9.83. The summed E-state index contributed by atoms with van der Waals surface area (Å²) < 4.78 is 47.0. The summed E-state index contributed by atoms with van der Waals surface area (Å²) in [7, 11) is -2.74. The molecular formula is C25H26ClFN2O4S2. The first-order valence-electron chi connectivity index (χ1n) is 10.8. The maximum atomic E-state index is 14.5. The van der Waals surface area contributed by atoms with E-state index in [1.54, 1.807) is 11.8 Å². The van der Waals surface area contributed by atoms with Crippen LogP contribution in [0.1, 0.15) is 12.0 Å². The van der Waals surface area contributed by atoms with E-state index < -0.39 is 28.3 Å². The Morgan fingerprint density at radius 3 is 2.43 bits per heavy atom. The summed E-state index contributed by atoms with van der Waals surface area (Å²) in [6, 6.07) is 18.8. The van der Waals surface area contributed by atoms with E-state index in [2.05, 4.69) is 5.32 Å². The van der Waals surface area contributed by atoms with Crippen molar-refractivity contribution < 1.29 is 22.3 Å². The molecule has 1 amide bonds. The molecule has 0 aromatic heterocycles. The Bertz CT molecular complexity index is 1240. The second kappa shape index (κ2) is 12.8. The minimum Gasteiger partial charge on any atom is -0.497 e. The highest BCUT2D eigenvalue weighted by molar-refractivity contribution is 7.98. The van der Waals surface area contributed by atoms with E-state index in [4.69, 9.17) is 16.3 Å².